The lowest BCUT2D eigenvalue weighted by molar-refractivity contribution is 0.111. The largest absolute Gasteiger partial charge is 0.358 e. The number of carbonyl (C=O) groups is 1. The van der Waals surface area contributed by atoms with Gasteiger partial charge < -0.3 is 4.98 Å². The van der Waals surface area contributed by atoms with Crippen LogP contribution in [0, 0.1) is 0 Å². The van der Waals surface area contributed by atoms with E-state index < -0.39 is 9.84 Å². The van der Waals surface area contributed by atoms with E-state index in [2.05, 4.69) is 4.98 Å². The van der Waals surface area contributed by atoms with Gasteiger partial charge in [-0.05, 0) is 18.2 Å². The van der Waals surface area contributed by atoms with E-state index in [4.69, 9.17) is 0 Å². The molecule has 2 aromatic rings. The zero-order chi connectivity index (χ0) is 11.6. The first kappa shape index (κ1) is 10.6. The first-order valence-corrected chi connectivity index (χ1v) is 6.06. The van der Waals surface area contributed by atoms with Crippen molar-refractivity contribution in [2.45, 2.75) is 9.79 Å². The Hall–Kier alpha value is -1.88. The van der Waals surface area contributed by atoms with Crippen molar-refractivity contribution in [3.63, 3.8) is 0 Å². The Morgan fingerprint density at radius 2 is 1.75 bits per heavy atom. The number of hydrogen-bond donors (Lipinski definition) is 1. The van der Waals surface area contributed by atoms with Gasteiger partial charge in [0.05, 0.1) is 15.5 Å². The molecule has 0 atom stereocenters. The zero-order valence-electron chi connectivity index (χ0n) is 8.25. The summed E-state index contributed by atoms with van der Waals surface area (Å²) in [6.07, 6.45) is 1.89. The van der Waals surface area contributed by atoms with Gasteiger partial charge in [0.25, 0.3) is 0 Å². The molecular weight excluding hydrogens is 226 g/mol. The molecule has 0 amide bonds. The van der Waals surface area contributed by atoms with Crippen LogP contribution in [0.5, 0.6) is 0 Å². The van der Waals surface area contributed by atoms with Gasteiger partial charge in [-0.25, -0.2) is 8.42 Å². The molecule has 0 aliphatic rings. The SMILES string of the molecule is O=Cc1cc(S(=O)(=O)c2ccccc2)c[nH]1. The molecule has 0 aliphatic carbocycles. The number of rotatable bonds is 3. The molecule has 0 saturated carbocycles. The Balaban J connectivity index is 2.51. The van der Waals surface area contributed by atoms with Gasteiger partial charge in [0.1, 0.15) is 0 Å². The summed E-state index contributed by atoms with van der Waals surface area (Å²) in [7, 11) is -3.52. The van der Waals surface area contributed by atoms with Gasteiger partial charge in [-0.1, -0.05) is 18.2 Å². The molecule has 0 radical (unpaired) electrons. The predicted molar refractivity (Wildman–Crippen MR) is 58.1 cm³/mol. The number of nitrogens with one attached hydrogen (secondary N) is 1. The van der Waals surface area contributed by atoms with Gasteiger partial charge >= 0.3 is 0 Å². The van der Waals surface area contributed by atoms with E-state index >= 15 is 0 Å². The molecule has 1 heterocycles. The van der Waals surface area contributed by atoms with Crippen molar-refractivity contribution < 1.29 is 13.2 Å². The van der Waals surface area contributed by atoms with Gasteiger partial charge in [0, 0.05) is 6.20 Å². The summed E-state index contributed by atoms with van der Waals surface area (Å²) in [5.41, 5.74) is 0.245. The van der Waals surface area contributed by atoms with Crippen molar-refractivity contribution in [3.8, 4) is 0 Å². The van der Waals surface area contributed by atoms with Gasteiger partial charge in [-0.15, -0.1) is 0 Å². The minimum Gasteiger partial charge on any atom is -0.358 e. The van der Waals surface area contributed by atoms with Crippen LogP contribution in [-0.4, -0.2) is 19.7 Å². The lowest BCUT2D eigenvalue weighted by atomic mass is 10.4. The van der Waals surface area contributed by atoms with Gasteiger partial charge in [-0.2, -0.15) is 0 Å². The second kappa shape index (κ2) is 3.94. The third-order valence-electron chi connectivity index (χ3n) is 2.17. The normalized spacial score (nSPS) is 11.2. The van der Waals surface area contributed by atoms with Crippen LogP contribution in [0.15, 0.2) is 52.4 Å². The van der Waals surface area contributed by atoms with Crippen LogP contribution in [0.1, 0.15) is 10.5 Å². The van der Waals surface area contributed by atoms with Crippen molar-refractivity contribution in [1.29, 1.82) is 0 Å². The highest BCUT2D eigenvalue weighted by atomic mass is 32.2. The van der Waals surface area contributed by atoms with E-state index in [-0.39, 0.29) is 15.5 Å². The van der Waals surface area contributed by atoms with Crippen molar-refractivity contribution in [2.75, 3.05) is 0 Å². The Labute approximate surface area is 92.8 Å². The Kier molecular flexibility index (Phi) is 2.62. The summed E-state index contributed by atoms with van der Waals surface area (Å²) < 4.78 is 24.1. The van der Waals surface area contributed by atoms with Crippen LogP contribution in [0.3, 0.4) is 0 Å². The highest BCUT2D eigenvalue weighted by Crippen LogP contribution is 2.20. The molecular formula is C11H9NO3S. The van der Waals surface area contributed by atoms with Crippen LogP contribution in [0.4, 0.5) is 0 Å². The number of carbonyl (C=O) groups excluding carboxylic acids is 1. The topological polar surface area (TPSA) is 67.0 Å². The van der Waals surface area contributed by atoms with Crippen molar-refractivity contribution in [2.24, 2.45) is 0 Å². The average molecular weight is 235 g/mol. The summed E-state index contributed by atoms with van der Waals surface area (Å²) in [4.78, 5) is 13.4. The zero-order valence-corrected chi connectivity index (χ0v) is 9.07. The van der Waals surface area contributed by atoms with Crippen molar-refractivity contribution >= 4 is 16.1 Å². The molecule has 0 spiro atoms. The fourth-order valence-electron chi connectivity index (χ4n) is 1.35. The van der Waals surface area contributed by atoms with Crippen LogP contribution in [0.2, 0.25) is 0 Å². The molecule has 0 fully saturated rings. The number of aldehydes is 1. The molecule has 0 saturated heterocycles. The lowest BCUT2D eigenvalue weighted by Gasteiger charge is -2.00. The number of aromatic amines is 1. The Morgan fingerprint density at radius 3 is 2.31 bits per heavy atom. The van der Waals surface area contributed by atoms with E-state index in [0.29, 0.717) is 6.29 Å². The van der Waals surface area contributed by atoms with Gasteiger partial charge in [-0.3, -0.25) is 4.79 Å². The first-order valence-electron chi connectivity index (χ1n) is 4.58. The first-order chi connectivity index (χ1) is 7.64. The van der Waals surface area contributed by atoms with E-state index in [1.165, 1.54) is 24.4 Å². The van der Waals surface area contributed by atoms with Crippen LogP contribution < -0.4 is 0 Å². The van der Waals surface area contributed by atoms with Crippen molar-refractivity contribution in [1.82, 2.24) is 4.98 Å². The number of sulfone groups is 1. The Morgan fingerprint density at radius 1 is 1.06 bits per heavy atom. The maximum Gasteiger partial charge on any atom is 0.208 e. The molecule has 5 heteroatoms. The molecule has 1 aromatic carbocycles. The Bertz CT molecular complexity index is 599. The second-order valence-corrected chi connectivity index (χ2v) is 5.17. The number of hydrogen-bond acceptors (Lipinski definition) is 3. The molecule has 0 unspecified atom stereocenters. The van der Waals surface area contributed by atoms with Crippen LogP contribution in [0.25, 0.3) is 0 Å². The van der Waals surface area contributed by atoms with Crippen LogP contribution >= 0.6 is 0 Å². The maximum absolute atomic E-state index is 12.0. The second-order valence-electron chi connectivity index (χ2n) is 3.23. The average Bonchev–Trinajstić information content (AvgIpc) is 2.79. The van der Waals surface area contributed by atoms with Crippen molar-refractivity contribution in [3.05, 3.63) is 48.3 Å². The summed E-state index contributed by atoms with van der Waals surface area (Å²) in [5.74, 6) is 0. The van der Waals surface area contributed by atoms with E-state index in [1.54, 1.807) is 18.2 Å². The molecule has 4 nitrogen and oxygen atoms in total. The molecule has 0 aliphatic heterocycles. The number of benzene rings is 1. The quantitative estimate of drug-likeness (QED) is 0.823. The molecule has 1 N–H and O–H groups in total. The molecule has 16 heavy (non-hydrogen) atoms. The monoisotopic (exact) mass is 235 g/mol. The molecule has 82 valence electrons. The van der Waals surface area contributed by atoms with E-state index in [0.717, 1.165) is 0 Å². The van der Waals surface area contributed by atoms with Crippen LogP contribution in [-0.2, 0) is 9.84 Å². The van der Waals surface area contributed by atoms with Gasteiger partial charge in [0.15, 0.2) is 6.29 Å². The smallest absolute Gasteiger partial charge is 0.208 e. The fraction of sp³-hybridized carbons (Fsp3) is 0. The maximum atomic E-state index is 12.0. The summed E-state index contributed by atoms with van der Waals surface area (Å²) in [5, 5.41) is 0. The summed E-state index contributed by atoms with van der Waals surface area (Å²) in [6.45, 7) is 0. The molecule has 0 bridgehead atoms. The van der Waals surface area contributed by atoms with E-state index in [9.17, 15) is 13.2 Å². The minimum atomic E-state index is -3.52. The highest BCUT2D eigenvalue weighted by molar-refractivity contribution is 7.91. The van der Waals surface area contributed by atoms with Gasteiger partial charge in [0.2, 0.25) is 9.84 Å². The summed E-state index contributed by atoms with van der Waals surface area (Å²) >= 11 is 0. The number of H-pyrrole nitrogens is 1. The standard InChI is InChI=1S/C11H9NO3S/c13-8-9-6-11(7-12-9)16(14,15)10-4-2-1-3-5-10/h1-8,12H. The highest BCUT2D eigenvalue weighted by Gasteiger charge is 2.18. The lowest BCUT2D eigenvalue weighted by Crippen LogP contribution is -1.99. The summed E-state index contributed by atoms with van der Waals surface area (Å²) in [6, 6.07) is 9.40. The molecule has 2 rings (SSSR count). The third-order valence-corrected chi connectivity index (χ3v) is 3.92. The number of aromatic nitrogens is 1. The molecule has 1 aromatic heterocycles. The fourth-order valence-corrected chi connectivity index (χ4v) is 2.63. The van der Waals surface area contributed by atoms with E-state index in [1.807, 2.05) is 0 Å². The predicted octanol–water partition coefficient (Wildman–Crippen LogP) is 1.66. The minimum absolute atomic E-state index is 0.0980. The third kappa shape index (κ3) is 1.77.